The van der Waals surface area contributed by atoms with E-state index in [0.717, 1.165) is 0 Å². The minimum atomic E-state index is 0.679. The Hall–Kier alpha value is -0.900. The summed E-state index contributed by atoms with van der Waals surface area (Å²) in [4.78, 5) is 3.11. The van der Waals surface area contributed by atoms with Gasteiger partial charge in [0.1, 0.15) is 0 Å². The molecule has 0 aromatic carbocycles. The van der Waals surface area contributed by atoms with Crippen molar-refractivity contribution in [1.29, 1.82) is 0 Å². The molecular weight excluding hydrogens is 457 g/mol. The van der Waals surface area contributed by atoms with Gasteiger partial charge >= 0.3 is 0 Å². The van der Waals surface area contributed by atoms with Crippen LogP contribution in [0.1, 0.15) is 151 Å². The lowest BCUT2D eigenvalue weighted by atomic mass is 9.95. The highest BCUT2D eigenvalue weighted by Crippen LogP contribution is 2.32. The molecule has 0 amide bonds. The van der Waals surface area contributed by atoms with Crippen molar-refractivity contribution in [2.75, 3.05) is 0 Å². The first-order chi connectivity index (χ1) is 15.4. The lowest BCUT2D eigenvalue weighted by molar-refractivity contribution is 0.798. The topological polar surface area (TPSA) is 0 Å². The standard InChI is InChI=1S/3C10H16S/c1-7(2)9-5-11-6-10(9)8(3)4;2*1-7(2)9-5-6-11-10(9)8(3)4/h3*5-8H,1-4H3. The molecule has 0 nitrogen and oxygen atoms in total. The van der Waals surface area contributed by atoms with Gasteiger partial charge in [-0.25, -0.2) is 0 Å². The van der Waals surface area contributed by atoms with Gasteiger partial charge in [0, 0.05) is 9.75 Å². The summed E-state index contributed by atoms with van der Waals surface area (Å²) in [5.74, 6) is 4.09. The summed E-state index contributed by atoms with van der Waals surface area (Å²) in [6.45, 7) is 27.1. The van der Waals surface area contributed by atoms with E-state index >= 15 is 0 Å². The minimum Gasteiger partial charge on any atom is -0.152 e. The number of hydrogen-bond donors (Lipinski definition) is 0. The number of rotatable bonds is 6. The van der Waals surface area contributed by atoms with Crippen LogP contribution < -0.4 is 0 Å². The summed E-state index contributed by atoms with van der Waals surface area (Å²) in [6.07, 6.45) is 0. The van der Waals surface area contributed by atoms with Gasteiger partial charge in [-0.2, -0.15) is 11.3 Å². The van der Waals surface area contributed by atoms with Crippen LogP contribution in [0.2, 0.25) is 0 Å². The predicted molar refractivity (Wildman–Crippen MR) is 157 cm³/mol. The average Bonchev–Trinajstić information content (AvgIpc) is 3.48. The maximum absolute atomic E-state index is 2.28. The monoisotopic (exact) mass is 504 g/mol. The van der Waals surface area contributed by atoms with Crippen molar-refractivity contribution in [3.8, 4) is 0 Å². The lowest BCUT2D eigenvalue weighted by Gasteiger charge is -2.09. The third-order valence-corrected chi connectivity index (χ3v) is 8.96. The molecule has 0 atom stereocenters. The molecule has 33 heavy (non-hydrogen) atoms. The second kappa shape index (κ2) is 14.5. The van der Waals surface area contributed by atoms with Gasteiger partial charge in [0.05, 0.1) is 0 Å². The zero-order valence-corrected chi connectivity index (χ0v) is 25.6. The molecule has 3 heteroatoms. The predicted octanol–water partition coefficient (Wildman–Crippen LogP) is 12.0. The Bertz CT molecular complexity index is 714. The van der Waals surface area contributed by atoms with Crippen LogP contribution in [0.3, 0.4) is 0 Å². The quantitative estimate of drug-likeness (QED) is 0.313. The van der Waals surface area contributed by atoms with Crippen molar-refractivity contribution in [1.82, 2.24) is 0 Å². The smallest absolute Gasteiger partial charge is 0.0105 e. The molecular formula is C30H48S3. The van der Waals surface area contributed by atoms with Crippen LogP contribution in [-0.4, -0.2) is 0 Å². The van der Waals surface area contributed by atoms with Crippen LogP contribution in [0, 0.1) is 0 Å². The zero-order chi connectivity index (χ0) is 25.3. The van der Waals surface area contributed by atoms with Crippen LogP contribution in [0.4, 0.5) is 0 Å². The van der Waals surface area contributed by atoms with Crippen molar-refractivity contribution in [2.45, 2.75) is 119 Å². The van der Waals surface area contributed by atoms with Crippen LogP contribution in [-0.2, 0) is 0 Å². The van der Waals surface area contributed by atoms with E-state index in [4.69, 9.17) is 0 Å². The van der Waals surface area contributed by atoms with E-state index in [9.17, 15) is 0 Å². The molecule has 0 spiro atoms. The van der Waals surface area contributed by atoms with E-state index in [0.29, 0.717) is 35.5 Å². The molecule has 3 heterocycles. The van der Waals surface area contributed by atoms with E-state index in [-0.39, 0.29) is 0 Å². The molecule has 0 unspecified atom stereocenters. The second-order valence-corrected chi connectivity index (χ2v) is 13.3. The molecule has 0 aliphatic heterocycles. The molecule has 0 aliphatic carbocycles. The summed E-state index contributed by atoms with van der Waals surface area (Å²) >= 11 is 5.59. The van der Waals surface area contributed by atoms with Crippen LogP contribution in [0.15, 0.2) is 33.7 Å². The molecule has 0 radical (unpaired) electrons. The van der Waals surface area contributed by atoms with Crippen molar-refractivity contribution >= 4 is 34.0 Å². The normalized spacial score (nSPS) is 11.5. The Morgan fingerprint density at radius 3 is 0.939 bits per heavy atom. The zero-order valence-electron chi connectivity index (χ0n) is 23.2. The molecule has 0 saturated heterocycles. The van der Waals surface area contributed by atoms with Gasteiger partial charge in [0.25, 0.3) is 0 Å². The Morgan fingerprint density at radius 1 is 0.424 bits per heavy atom. The number of thiophene rings is 3. The average molecular weight is 505 g/mol. The molecule has 3 rings (SSSR count). The largest absolute Gasteiger partial charge is 0.152 e. The lowest BCUT2D eigenvalue weighted by Crippen LogP contribution is -1.93. The SMILES string of the molecule is CC(C)c1ccsc1C(C)C.CC(C)c1ccsc1C(C)C.CC(C)c1cscc1C(C)C. The highest BCUT2D eigenvalue weighted by Gasteiger charge is 2.11. The van der Waals surface area contributed by atoms with E-state index in [1.165, 1.54) is 22.3 Å². The number of hydrogen-bond acceptors (Lipinski definition) is 3. The second-order valence-electron chi connectivity index (χ2n) is 10.7. The van der Waals surface area contributed by atoms with Crippen molar-refractivity contribution in [2.24, 2.45) is 0 Å². The Morgan fingerprint density at radius 2 is 0.727 bits per heavy atom. The third-order valence-electron chi connectivity index (χ3n) is 5.71. The molecule has 3 aromatic rings. The highest BCUT2D eigenvalue weighted by atomic mass is 32.1. The van der Waals surface area contributed by atoms with Crippen LogP contribution in [0.25, 0.3) is 0 Å². The van der Waals surface area contributed by atoms with Crippen molar-refractivity contribution < 1.29 is 0 Å². The Kier molecular flexibility index (Phi) is 13.2. The van der Waals surface area contributed by atoms with Gasteiger partial charge in [0.2, 0.25) is 0 Å². The first kappa shape index (κ1) is 30.1. The van der Waals surface area contributed by atoms with Gasteiger partial charge in [-0.3, -0.25) is 0 Å². The Balaban J connectivity index is 0.000000247. The molecule has 0 bridgehead atoms. The summed E-state index contributed by atoms with van der Waals surface area (Å²) in [7, 11) is 0. The molecule has 0 saturated carbocycles. The van der Waals surface area contributed by atoms with Crippen molar-refractivity contribution in [3.63, 3.8) is 0 Å². The van der Waals surface area contributed by atoms with Gasteiger partial charge in [0.15, 0.2) is 0 Å². The fraction of sp³-hybridized carbons (Fsp3) is 0.600. The summed E-state index contributed by atoms with van der Waals surface area (Å²) in [6, 6.07) is 4.51. The van der Waals surface area contributed by atoms with E-state index in [1.807, 2.05) is 34.0 Å². The van der Waals surface area contributed by atoms with E-state index in [2.05, 4.69) is 117 Å². The molecule has 0 aliphatic rings. The third kappa shape index (κ3) is 9.34. The van der Waals surface area contributed by atoms with Crippen LogP contribution >= 0.6 is 34.0 Å². The van der Waals surface area contributed by atoms with Gasteiger partial charge < -0.3 is 0 Å². The summed E-state index contributed by atoms with van der Waals surface area (Å²) in [5, 5.41) is 8.95. The maximum Gasteiger partial charge on any atom is 0.0105 e. The van der Waals surface area contributed by atoms with Gasteiger partial charge in [-0.05, 0) is 91.4 Å². The Labute approximate surface area is 217 Å². The molecule has 3 aromatic heterocycles. The van der Waals surface area contributed by atoms with Gasteiger partial charge in [-0.1, -0.05) is 83.1 Å². The molecule has 0 N–H and O–H groups in total. The van der Waals surface area contributed by atoms with Gasteiger partial charge in [-0.15, -0.1) is 22.7 Å². The minimum absolute atomic E-state index is 0.679. The van der Waals surface area contributed by atoms with E-state index < -0.39 is 0 Å². The highest BCUT2D eigenvalue weighted by molar-refractivity contribution is 7.10. The molecule has 186 valence electrons. The first-order valence-corrected chi connectivity index (χ1v) is 15.3. The first-order valence-electron chi connectivity index (χ1n) is 12.6. The van der Waals surface area contributed by atoms with Crippen LogP contribution in [0.5, 0.6) is 0 Å². The fourth-order valence-corrected chi connectivity index (χ4v) is 7.13. The summed E-state index contributed by atoms with van der Waals surface area (Å²) < 4.78 is 0. The molecule has 0 fully saturated rings. The summed E-state index contributed by atoms with van der Waals surface area (Å²) in [5.41, 5.74) is 6.13. The fourth-order valence-electron chi connectivity index (χ4n) is 3.81. The maximum atomic E-state index is 2.28. The van der Waals surface area contributed by atoms with Crippen molar-refractivity contribution in [3.05, 3.63) is 65.7 Å². The van der Waals surface area contributed by atoms with E-state index in [1.54, 1.807) is 9.75 Å².